The number of nitrogens with one attached hydrogen (secondary N) is 1. The summed E-state index contributed by atoms with van der Waals surface area (Å²) in [4.78, 5) is 0. The lowest BCUT2D eigenvalue weighted by Gasteiger charge is -2.15. The first-order valence-corrected chi connectivity index (χ1v) is 8.44. The Kier molecular flexibility index (Phi) is 6.29. The quantitative estimate of drug-likeness (QED) is 0.793. The minimum Gasteiger partial charge on any atom is -0.493 e. The van der Waals surface area contributed by atoms with Crippen LogP contribution in [0.25, 0.3) is 0 Å². The third-order valence-corrected chi connectivity index (χ3v) is 4.88. The van der Waals surface area contributed by atoms with Crippen LogP contribution < -0.4 is 14.8 Å². The molecular formula is C14H23NO4S. The molecule has 0 saturated carbocycles. The summed E-state index contributed by atoms with van der Waals surface area (Å²) >= 11 is 0. The van der Waals surface area contributed by atoms with Crippen molar-refractivity contribution in [3.8, 4) is 11.5 Å². The molecule has 1 rings (SSSR count). The molecule has 0 bridgehead atoms. The van der Waals surface area contributed by atoms with Crippen molar-refractivity contribution in [1.82, 2.24) is 5.32 Å². The predicted octanol–water partition coefficient (Wildman–Crippen LogP) is 1.79. The predicted molar refractivity (Wildman–Crippen MR) is 80.3 cm³/mol. The molecule has 0 fully saturated rings. The monoisotopic (exact) mass is 301 g/mol. The van der Waals surface area contributed by atoms with Crippen molar-refractivity contribution in [3.05, 3.63) is 23.8 Å². The zero-order valence-corrected chi connectivity index (χ0v) is 13.3. The van der Waals surface area contributed by atoms with Crippen LogP contribution in [-0.2, 0) is 9.84 Å². The third-order valence-electron chi connectivity index (χ3n) is 3.21. The first kappa shape index (κ1) is 16.8. The van der Waals surface area contributed by atoms with Gasteiger partial charge in [0.05, 0.1) is 12.9 Å². The minimum absolute atomic E-state index is 0.0152. The Morgan fingerprint density at radius 2 is 2.00 bits per heavy atom. The van der Waals surface area contributed by atoms with E-state index in [-0.39, 0.29) is 24.2 Å². The van der Waals surface area contributed by atoms with Gasteiger partial charge in [0.1, 0.15) is 6.61 Å². The lowest BCUT2D eigenvalue weighted by atomic mass is 10.1. The lowest BCUT2D eigenvalue weighted by molar-refractivity contribution is 0.311. The average molecular weight is 301 g/mol. The summed E-state index contributed by atoms with van der Waals surface area (Å²) in [6, 6.07) is 5.84. The molecule has 20 heavy (non-hydrogen) atoms. The van der Waals surface area contributed by atoms with Crippen molar-refractivity contribution in [2.45, 2.75) is 19.9 Å². The summed E-state index contributed by atoms with van der Waals surface area (Å²) in [6.45, 7) is 3.81. The Hall–Kier alpha value is -1.27. The first-order valence-electron chi connectivity index (χ1n) is 6.62. The molecule has 1 atom stereocenters. The number of hydrogen-bond donors (Lipinski definition) is 1. The van der Waals surface area contributed by atoms with Gasteiger partial charge < -0.3 is 14.8 Å². The SMILES string of the molecule is CCS(=O)(=O)CCOc1ccc(C(C)NC)cc1OC. The summed E-state index contributed by atoms with van der Waals surface area (Å²) in [5, 5.41) is 3.15. The summed E-state index contributed by atoms with van der Waals surface area (Å²) in [5.74, 6) is 1.32. The fourth-order valence-corrected chi connectivity index (χ4v) is 2.29. The van der Waals surface area contributed by atoms with E-state index < -0.39 is 9.84 Å². The van der Waals surface area contributed by atoms with Crippen LogP contribution in [0.2, 0.25) is 0 Å². The van der Waals surface area contributed by atoms with Crippen LogP contribution in [0.1, 0.15) is 25.5 Å². The Morgan fingerprint density at radius 1 is 1.30 bits per heavy atom. The molecule has 6 heteroatoms. The van der Waals surface area contributed by atoms with Crippen LogP contribution in [0.3, 0.4) is 0 Å². The van der Waals surface area contributed by atoms with Crippen LogP contribution in [0, 0.1) is 0 Å². The number of sulfone groups is 1. The van der Waals surface area contributed by atoms with Crippen molar-refractivity contribution in [2.24, 2.45) is 0 Å². The van der Waals surface area contributed by atoms with Gasteiger partial charge in [0.25, 0.3) is 0 Å². The highest BCUT2D eigenvalue weighted by Gasteiger charge is 2.11. The Labute approximate surface area is 121 Å². The van der Waals surface area contributed by atoms with E-state index in [1.807, 2.05) is 26.1 Å². The van der Waals surface area contributed by atoms with Gasteiger partial charge in [-0.15, -0.1) is 0 Å². The van der Waals surface area contributed by atoms with Crippen LogP contribution in [0.15, 0.2) is 18.2 Å². The molecule has 0 spiro atoms. The smallest absolute Gasteiger partial charge is 0.161 e. The molecule has 5 nitrogen and oxygen atoms in total. The van der Waals surface area contributed by atoms with Crippen molar-refractivity contribution < 1.29 is 17.9 Å². The minimum atomic E-state index is -3.01. The first-order chi connectivity index (χ1) is 9.43. The molecule has 1 unspecified atom stereocenters. The number of rotatable bonds is 8. The number of methoxy groups -OCH3 is 1. The zero-order valence-electron chi connectivity index (χ0n) is 12.5. The van der Waals surface area contributed by atoms with Crippen molar-refractivity contribution >= 4 is 9.84 Å². The molecule has 0 saturated heterocycles. The summed E-state index contributed by atoms with van der Waals surface area (Å²) in [7, 11) is 0.444. The highest BCUT2D eigenvalue weighted by molar-refractivity contribution is 7.91. The Balaban J connectivity index is 2.76. The van der Waals surface area contributed by atoms with Crippen molar-refractivity contribution in [3.63, 3.8) is 0 Å². The fraction of sp³-hybridized carbons (Fsp3) is 0.571. The normalized spacial score (nSPS) is 13.0. The van der Waals surface area contributed by atoms with Gasteiger partial charge in [-0.1, -0.05) is 13.0 Å². The number of hydrogen-bond acceptors (Lipinski definition) is 5. The molecule has 0 radical (unpaired) electrons. The Morgan fingerprint density at radius 3 is 2.55 bits per heavy atom. The topological polar surface area (TPSA) is 64.6 Å². The number of ether oxygens (including phenoxy) is 2. The summed E-state index contributed by atoms with van der Waals surface area (Å²) < 4.78 is 33.6. The maximum atomic E-state index is 11.4. The highest BCUT2D eigenvalue weighted by Crippen LogP contribution is 2.30. The largest absolute Gasteiger partial charge is 0.493 e. The number of benzene rings is 1. The second-order valence-electron chi connectivity index (χ2n) is 4.51. The molecule has 1 aromatic carbocycles. The van der Waals surface area contributed by atoms with Crippen LogP contribution in [-0.4, -0.2) is 40.7 Å². The maximum Gasteiger partial charge on any atom is 0.161 e. The van der Waals surface area contributed by atoms with Crippen molar-refractivity contribution in [1.29, 1.82) is 0 Å². The van der Waals surface area contributed by atoms with Gasteiger partial charge in [0.15, 0.2) is 21.3 Å². The third kappa shape index (κ3) is 4.68. The van der Waals surface area contributed by atoms with E-state index in [4.69, 9.17) is 9.47 Å². The molecule has 1 aromatic rings. The standard InChI is InChI=1S/C14H23NO4S/c1-5-20(16,17)9-8-19-13-7-6-12(11(2)15-3)10-14(13)18-4/h6-7,10-11,15H,5,8-9H2,1-4H3. The van der Waals surface area contributed by atoms with Gasteiger partial charge in [-0.25, -0.2) is 8.42 Å². The molecule has 1 N–H and O–H groups in total. The Bertz CT molecular complexity index is 528. The zero-order chi connectivity index (χ0) is 15.2. The van der Waals surface area contributed by atoms with Gasteiger partial charge in [-0.2, -0.15) is 0 Å². The van der Waals surface area contributed by atoms with E-state index in [0.717, 1.165) is 5.56 Å². The van der Waals surface area contributed by atoms with Gasteiger partial charge in [-0.3, -0.25) is 0 Å². The lowest BCUT2D eigenvalue weighted by Crippen LogP contribution is -2.16. The second-order valence-corrected chi connectivity index (χ2v) is 6.98. The average Bonchev–Trinajstić information content (AvgIpc) is 2.46. The van der Waals surface area contributed by atoms with E-state index in [0.29, 0.717) is 11.5 Å². The molecule has 0 aliphatic carbocycles. The molecular weight excluding hydrogens is 278 g/mol. The second kappa shape index (κ2) is 7.50. The van der Waals surface area contributed by atoms with E-state index in [9.17, 15) is 8.42 Å². The highest BCUT2D eigenvalue weighted by atomic mass is 32.2. The van der Waals surface area contributed by atoms with E-state index in [1.165, 1.54) is 0 Å². The summed E-state index contributed by atoms with van der Waals surface area (Å²) in [6.07, 6.45) is 0. The molecule has 0 amide bonds. The summed E-state index contributed by atoms with van der Waals surface area (Å²) in [5.41, 5.74) is 1.08. The maximum absolute atomic E-state index is 11.4. The van der Waals surface area contributed by atoms with Crippen LogP contribution in [0.4, 0.5) is 0 Å². The van der Waals surface area contributed by atoms with Gasteiger partial charge in [0, 0.05) is 11.8 Å². The van der Waals surface area contributed by atoms with Crippen molar-refractivity contribution in [2.75, 3.05) is 32.3 Å². The van der Waals surface area contributed by atoms with Gasteiger partial charge >= 0.3 is 0 Å². The molecule has 0 aromatic heterocycles. The fourth-order valence-electron chi connectivity index (χ4n) is 1.66. The molecule has 0 aliphatic rings. The van der Waals surface area contributed by atoms with E-state index in [2.05, 4.69) is 5.32 Å². The van der Waals surface area contributed by atoms with Gasteiger partial charge in [-0.05, 0) is 31.7 Å². The van der Waals surface area contributed by atoms with E-state index >= 15 is 0 Å². The molecule has 114 valence electrons. The van der Waals surface area contributed by atoms with Crippen LogP contribution in [0.5, 0.6) is 11.5 Å². The molecule has 0 aliphatic heterocycles. The van der Waals surface area contributed by atoms with E-state index in [1.54, 1.807) is 20.1 Å². The van der Waals surface area contributed by atoms with Gasteiger partial charge in [0.2, 0.25) is 0 Å². The molecule has 0 heterocycles. The van der Waals surface area contributed by atoms with Crippen LogP contribution >= 0.6 is 0 Å².